The molecule has 0 spiro atoms. The number of hydrogen-bond donors (Lipinski definition) is 3. The Kier molecular flexibility index (Phi) is 5.22. The first-order chi connectivity index (χ1) is 9.65. The van der Waals surface area contributed by atoms with E-state index in [0.29, 0.717) is 13.1 Å². The Hall–Kier alpha value is -1.77. The summed E-state index contributed by atoms with van der Waals surface area (Å²) in [5.74, 6) is 1.06. The van der Waals surface area contributed by atoms with Gasteiger partial charge >= 0.3 is 12.0 Å². The standard InChI is InChI=1S/C11H17N5O3S/c17-10(18)9-7-16(15-14-9)4-3-12-11(19)13-8-1-5-20-6-2-8/h7-8H,1-6H2,(H,17,18)(H2,12,13,19). The number of amides is 2. The molecule has 3 N–H and O–H groups in total. The topological polar surface area (TPSA) is 109 Å². The number of carboxylic acids is 1. The van der Waals surface area contributed by atoms with Gasteiger partial charge in [0.05, 0.1) is 12.7 Å². The van der Waals surface area contributed by atoms with E-state index in [-0.39, 0.29) is 17.8 Å². The van der Waals surface area contributed by atoms with Crippen LogP contribution in [0.5, 0.6) is 0 Å². The van der Waals surface area contributed by atoms with Gasteiger partial charge in [0.1, 0.15) is 0 Å². The van der Waals surface area contributed by atoms with E-state index in [0.717, 1.165) is 24.3 Å². The maximum atomic E-state index is 11.6. The molecule has 110 valence electrons. The lowest BCUT2D eigenvalue weighted by molar-refractivity contribution is 0.0690. The number of thioether (sulfide) groups is 1. The molecule has 0 saturated carbocycles. The smallest absolute Gasteiger partial charge is 0.358 e. The van der Waals surface area contributed by atoms with Gasteiger partial charge in [-0.3, -0.25) is 0 Å². The van der Waals surface area contributed by atoms with E-state index >= 15 is 0 Å². The molecule has 0 aromatic carbocycles. The number of hydrogen-bond acceptors (Lipinski definition) is 5. The lowest BCUT2D eigenvalue weighted by atomic mass is 10.2. The van der Waals surface area contributed by atoms with Crippen LogP contribution in [0.1, 0.15) is 23.3 Å². The number of carbonyl (C=O) groups is 2. The molecule has 1 aliphatic rings. The summed E-state index contributed by atoms with van der Waals surface area (Å²) in [5, 5.41) is 21.5. The van der Waals surface area contributed by atoms with Crippen LogP contribution in [0.3, 0.4) is 0 Å². The molecule has 0 atom stereocenters. The number of carbonyl (C=O) groups excluding carboxylic acids is 1. The number of nitrogens with one attached hydrogen (secondary N) is 2. The first-order valence-electron chi connectivity index (χ1n) is 6.40. The van der Waals surface area contributed by atoms with Crippen molar-refractivity contribution in [3.8, 4) is 0 Å². The molecule has 1 aromatic rings. The van der Waals surface area contributed by atoms with Gasteiger partial charge in [0.25, 0.3) is 0 Å². The van der Waals surface area contributed by atoms with Gasteiger partial charge in [0.2, 0.25) is 0 Å². The highest BCUT2D eigenvalue weighted by Gasteiger charge is 2.15. The fourth-order valence-electron chi connectivity index (χ4n) is 1.87. The number of urea groups is 1. The summed E-state index contributed by atoms with van der Waals surface area (Å²) < 4.78 is 1.39. The Bertz CT molecular complexity index is 472. The van der Waals surface area contributed by atoms with E-state index < -0.39 is 5.97 Å². The molecule has 2 amide bonds. The van der Waals surface area contributed by atoms with Gasteiger partial charge in [-0.05, 0) is 24.3 Å². The van der Waals surface area contributed by atoms with Crippen LogP contribution in [0.2, 0.25) is 0 Å². The maximum Gasteiger partial charge on any atom is 0.358 e. The lowest BCUT2D eigenvalue weighted by Gasteiger charge is -2.22. The summed E-state index contributed by atoms with van der Waals surface area (Å²) in [7, 11) is 0. The van der Waals surface area contributed by atoms with Crippen LogP contribution < -0.4 is 10.6 Å². The summed E-state index contributed by atoms with van der Waals surface area (Å²) in [4.78, 5) is 22.3. The number of carboxylic acid groups (broad SMARTS) is 1. The van der Waals surface area contributed by atoms with Gasteiger partial charge < -0.3 is 15.7 Å². The van der Waals surface area contributed by atoms with Gasteiger partial charge in [-0.15, -0.1) is 5.10 Å². The van der Waals surface area contributed by atoms with Gasteiger partial charge in [-0.1, -0.05) is 5.21 Å². The van der Waals surface area contributed by atoms with Crippen molar-refractivity contribution >= 4 is 23.8 Å². The average Bonchev–Trinajstić information content (AvgIpc) is 2.89. The summed E-state index contributed by atoms with van der Waals surface area (Å²) in [6, 6.07) is 0.0571. The fourth-order valence-corrected chi connectivity index (χ4v) is 2.97. The minimum Gasteiger partial charge on any atom is -0.476 e. The maximum absolute atomic E-state index is 11.6. The van der Waals surface area contributed by atoms with Crippen molar-refractivity contribution in [2.75, 3.05) is 18.1 Å². The van der Waals surface area contributed by atoms with Crippen LogP contribution in [0.4, 0.5) is 4.79 Å². The molecule has 1 aliphatic heterocycles. The Morgan fingerprint density at radius 1 is 1.45 bits per heavy atom. The van der Waals surface area contributed by atoms with Crippen LogP contribution in [-0.2, 0) is 6.54 Å². The molecule has 1 saturated heterocycles. The molecular formula is C11H17N5O3S. The summed E-state index contributed by atoms with van der Waals surface area (Å²) in [5.41, 5.74) is -0.103. The normalized spacial score (nSPS) is 15.8. The summed E-state index contributed by atoms with van der Waals surface area (Å²) in [6.45, 7) is 0.754. The molecule has 9 heteroatoms. The monoisotopic (exact) mass is 299 g/mol. The largest absolute Gasteiger partial charge is 0.476 e. The highest BCUT2D eigenvalue weighted by molar-refractivity contribution is 7.99. The average molecular weight is 299 g/mol. The van der Waals surface area contributed by atoms with Crippen molar-refractivity contribution in [2.45, 2.75) is 25.4 Å². The zero-order chi connectivity index (χ0) is 14.4. The quantitative estimate of drug-likeness (QED) is 0.715. The van der Waals surface area contributed by atoms with E-state index in [9.17, 15) is 9.59 Å². The highest BCUT2D eigenvalue weighted by Crippen LogP contribution is 2.16. The molecule has 0 bridgehead atoms. The third-order valence-corrected chi connectivity index (χ3v) is 3.99. The van der Waals surface area contributed by atoms with Crippen LogP contribution in [-0.4, -0.2) is 56.2 Å². The lowest BCUT2D eigenvalue weighted by Crippen LogP contribution is -2.44. The SMILES string of the molecule is O=C(NCCn1cc(C(=O)O)nn1)NC1CCSCC1. The molecule has 0 radical (unpaired) electrons. The van der Waals surface area contributed by atoms with Crippen molar-refractivity contribution in [1.82, 2.24) is 25.6 Å². The fraction of sp³-hybridized carbons (Fsp3) is 0.636. The van der Waals surface area contributed by atoms with Crippen LogP contribution in [0, 0.1) is 0 Å². The van der Waals surface area contributed by atoms with Crippen LogP contribution >= 0.6 is 11.8 Å². The predicted molar refractivity (Wildman–Crippen MR) is 73.9 cm³/mol. The molecule has 0 aliphatic carbocycles. The van der Waals surface area contributed by atoms with Crippen molar-refractivity contribution in [3.63, 3.8) is 0 Å². The Balaban J connectivity index is 1.66. The second kappa shape index (κ2) is 7.13. The van der Waals surface area contributed by atoms with Crippen molar-refractivity contribution in [1.29, 1.82) is 0 Å². The third kappa shape index (κ3) is 4.41. The van der Waals surface area contributed by atoms with Gasteiger partial charge in [-0.2, -0.15) is 11.8 Å². The third-order valence-electron chi connectivity index (χ3n) is 2.94. The van der Waals surface area contributed by atoms with Gasteiger partial charge in [-0.25, -0.2) is 14.3 Å². The van der Waals surface area contributed by atoms with Crippen LogP contribution in [0.15, 0.2) is 6.20 Å². The zero-order valence-electron chi connectivity index (χ0n) is 10.9. The number of rotatable bonds is 5. The summed E-state index contributed by atoms with van der Waals surface area (Å²) >= 11 is 1.91. The molecule has 8 nitrogen and oxygen atoms in total. The number of aromatic nitrogens is 3. The van der Waals surface area contributed by atoms with Gasteiger partial charge in [0.15, 0.2) is 5.69 Å². The highest BCUT2D eigenvalue weighted by atomic mass is 32.2. The van der Waals surface area contributed by atoms with E-state index in [2.05, 4.69) is 20.9 Å². The van der Waals surface area contributed by atoms with Crippen LogP contribution in [0.25, 0.3) is 0 Å². The van der Waals surface area contributed by atoms with Crippen molar-refractivity contribution in [2.24, 2.45) is 0 Å². The van der Waals surface area contributed by atoms with E-state index in [1.54, 1.807) is 0 Å². The van der Waals surface area contributed by atoms with E-state index in [4.69, 9.17) is 5.11 Å². The Morgan fingerprint density at radius 3 is 2.85 bits per heavy atom. The molecule has 1 aromatic heterocycles. The predicted octanol–water partition coefficient (Wildman–Crippen LogP) is 0.171. The minimum absolute atomic E-state index is 0.103. The summed E-state index contributed by atoms with van der Waals surface area (Å²) in [6.07, 6.45) is 3.34. The number of aromatic carboxylic acids is 1. The van der Waals surface area contributed by atoms with E-state index in [1.165, 1.54) is 10.9 Å². The van der Waals surface area contributed by atoms with Crippen molar-refractivity contribution in [3.05, 3.63) is 11.9 Å². The first-order valence-corrected chi connectivity index (χ1v) is 7.56. The van der Waals surface area contributed by atoms with Crippen molar-refractivity contribution < 1.29 is 14.7 Å². The second-order valence-electron chi connectivity index (χ2n) is 4.46. The second-order valence-corrected chi connectivity index (χ2v) is 5.68. The molecule has 2 heterocycles. The first kappa shape index (κ1) is 14.6. The molecule has 20 heavy (non-hydrogen) atoms. The number of nitrogens with zero attached hydrogens (tertiary/aromatic N) is 3. The Morgan fingerprint density at radius 2 is 2.20 bits per heavy atom. The molecular weight excluding hydrogens is 282 g/mol. The van der Waals surface area contributed by atoms with Gasteiger partial charge in [0, 0.05) is 12.6 Å². The minimum atomic E-state index is -1.11. The zero-order valence-corrected chi connectivity index (χ0v) is 11.7. The molecule has 2 rings (SSSR count). The molecule has 1 fully saturated rings. The molecule has 0 unspecified atom stereocenters. The Labute approximate surface area is 120 Å². The van der Waals surface area contributed by atoms with E-state index in [1.807, 2.05) is 11.8 Å².